The number of methoxy groups -OCH3 is 1. The van der Waals surface area contributed by atoms with E-state index in [4.69, 9.17) is 9.47 Å². The predicted molar refractivity (Wildman–Crippen MR) is 112 cm³/mol. The fourth-order valence-corrected chi connectivity index (χ4v) is 4.81. The van der Waals surface area contributed by atoms with E-state index in [-0.39, 0.29) is 23.5 Å². The number of benzene rings is 2. The van der Waals surface area contributed by atoms with Crippen molar-refractivity contribution in [1.29, 1.82) is 0 Å². The SMILES string of the molecule is CO[C@@H]1[C@@H](Cn2ccnc2)[C@H](OCc2cccc3ccccc23)CCC1(C)C. The Balaban J connectivity index is 1.55. The molecule has 3 atom stereocenters. The Kier molecular flexibility index (Phi) is 5.51. The second kappa shape index (κ2) is 8.06. The first kappa shape index (κ1) is 19.2. The summed E-state index contributed by atoms with van der Waals surface area (Å²) in [4.78, 5) is 4.21. The fourth-order valence-electron chi connectivity index (χ4n) is 4.81. The van der Waals surface area contributed by atoms with E-state index < -0.39 is 0 Å². The number of nitrogens with zero attached hydrogens (tertiary/aromatic N) is 2. The van der Waals surface area contributed by atoms with Gasteiger partial charge in [0.25, 0.3) is 0 Å². The Morgan fingerprint density at radius 2 is 1.96 bits per heavy atom. The van der Waals surface area contributed by atoms with Crippen LogP contribution in [-0.4, -0.2) is 28.9 Å². The van der Waals surface area contributed by atoms with Crippen molar-refractivity contribution in [3.8, 4) is 0 Å². The Hall–Kier alpha value is -2.17. The molecular formula is C24H30N2O2. The summed E-state index contributed by atoms with van der Waals surface area (Å²) in [5.41, 5.74) is 1.39. The zero-order valence-corrected chi connectivity index (χ0v) is 17.0. The number of aromatic nitrogens is 2. The van der Waals surface area contributed by atoms with Gasteiger partial charge in [-0.25, -0.2) is 4.98 Å². The van der Waals surface area contributed by atoms with Crippen LogP contribution in [0.2, 0.25) is 0 Å². The molecule has 0 saturated heterocycles. The van der Waals surface area contributed by atoms with Crippen molar-refractivity contribution in [3.63, 3.8) is 0 Å². The minimum absolute atomic E-state index is 0.138. The van der Waals surface area contributed by atoms with Crippen LogP contribution in [0.4, 0.5) is 0 Å². The molecule has 0 bridgehead atoms. The van der Waals surface area contributed by atoms with Gasteiger partial charge in [-0.1, -0.05) is 56.3 Å². The molecule has 0 radical (unpaired) electrons. The Bertz CT molecular complexity index is 899. The van der Waals surface area contributed by atoms with E-state index in [1.807, 2.05) is 25.8 Å². The highest BCUT2D eigenvalue weighted by Gasteiger charge is 2.45. The zero-order valence-electron chi connectivity index (χ0n) is 17.0. The lowest BCUT2D eigenvalue weighted by atomic mass is 9.68. The molecule has 0 N–H and O–H groups in total. The molecule has 28 heavy (non-hydrogen) atoms. The second-order valence-electron chi connectivity index (χ2n) is 8.59. The van der Waals surface area contributed by atoms with Crippen LogP contribution >= 0.6 is 0 Å². The quantitative estimate of drug-likeness (QED) is 0.601. The molecule has 148 valence electrons. The third-order valence-electron chi connectivity index (χ3n) is 6.28. The summed E-state index contributed by atoms with van der Waals surface area (Å²) in [6, 6.07) is 15.0. The van der Waals surface area contributed by atoms with Gasteiger partial charge in [-0.05, 0) is 34.6 Å². The topological polar surface area (TPSA) is 36.3 Å². The number of ether oxygens (including phenoxy) is 2. The van der Waals surface area contributed by atoms with Crippen LogP contribution in [0, 0.1) is 11.3 Å². The van der Waals surface area contributed by atoms with Crippen molar-refractivity contribution in [2.24, 2.45) is 11.3 Å². The number of hydrogen-bond acceptors (Lipinski definition) is 3. The number of rotatable bonds is 6. The molecule has 3 aromatic rings. The van der Waals surface area contributed by atoms with Gasteiger partial charge in [-0.3, -0.25) is 0 Å². The highest BCUT2D eigenvalue weighted by molar-refractivity contribution is 5.85. The van der Waals surface area contributed by atoms with Gasteiger partial charge in [-0.15, -0.1) is 0 Å². The van der Waals surface area contributed by atoms with Gasteiger partial charge in [-0.2, -0.15) is 0 Å². The average Bonchev–Trinajstić information content (AvgIpc) is 3.20. The predicted octanol–water partition coefficient (Wildman–Crippen LogP) is 5.07. The van der Waals surface area contributed by atoms with Gasteiger partial charge in [0.1, 0.15) is 0 Å². The number of fused-ring (bicyclic) bond motifs is 1. The van der Waals surface area contributed by atoms with Crippen LogP contribution in [0.5, 0.6) is 0 Å². The second-order valence-corrected chi connectivity index (χ2v) is 8.59. The molecular weight excluding hydrogens is 348 g/mol. The van der Waals surface area contributed by atoms with E-state index in [1.54, 1.807) is 0 Å². The lowest BCUT2D eigenvalue weighted by Crippen LogP contribution is -2.50. The molecule has 1 aliphatic rings. The third kappa shape index (κ3) is 3.85. The van der Waals surface area contributed by atoms with Crippen molar-refractivity contribution >= 4 is 10.8 Å². The van der Waals surface area contributed by atoms with Gasteiger partial charge in [0.2, 0.25) is 0 Å². The highest BCUT2D eigenvalue weighted by Crippen LogP contribution is 2.43. The maximum Gasteiger partial charge on any atom is 0.0946 e. The summed E-state index contributed by atoms with van der Waals surface area (Å²) in [7, 11) is 1.83. The monoisotopic (exact) mass is 378 g/mol. The van der Waals surface area contributed by atoms with Gasteiger partial charge in [0, 0.05) is 32.0 Å². The summed E-state index contributed by atoms with van der Waals surface area (Å²) in [6.07, 6.45) is 8.22. The van der Waals surface area contributed by atoms with Crippen LogP contribution in [0.3, 0.4) is 0 Å². The Morgan fingerprint density at radius 1 is 1.14 bits per heavy atom. The molecule has 1 fully saturated rings. The molecule has 2 aromatic carbocycles. The first-order chi connectivity index (χ1) is 13.6. The lowest BCUT2D eigenvalue weighted by Gasteiger charge is -2.47. The van der Waals surface area contributed by atoms with Crippen molar-refractivity contribution in [1.82, 2.24) is 9.55 Å². The molecule has 1 heterocycles. The largest absolute Gasteiger partial charge is 0.380 e. The smallest absolute Gasteiger partial charge is 0.0946 e. The summed E-state index contributed by atoms with van der Waals surface area (Å²) < 4.78 is 14.7. The van der Waals surface area contributed by atoms with Gasteiger partial charge < -0.3 is 14.0 Å². The normalized spacial score (nSPS) is 24.5. The van der Waals surface area contributed by atoms with E-state index >= 15 is 0 Å². The van der Waals surface area contributed by atoms with Crippen molar-refractivity contribution in [2.75, 3.05) is 7.11 Å². The maximum absolute atomic E-state index is 6.55. The van der Waals surface area contributed by atoms with Crippen LogP contribution in [-0.2, 0) is 22.6 Å². The van der Waals surface area contributed by atoms with E-state index in [0.717, 1.165) is 19.4 Å². The van der Waals surface area contributed by atoms with Gasteiger partial charge in [0.05, 0.1) is 25.1 Å². The van der Waals surface area contributed by atoms with E-state index in [2.05, 4.69) is 65.9 Å². The standard InChI is InChI=1S/C24H30N2O2/c1-24(2)12-11-22(21(23(24)27-3)15-26-14-13-25-17-26)28-16-19-9-6-8-18-7-4-5-10-20(18)19/h4-10,13-14,17,21-23H,11-12,15-16H2,1-3H3/t21-,22+,23+/m0/s1. The third-order valence-corrected chi connectivity index (χ3v) is 6.28. The maximum atomic E-state index is 6.55. The van der Waals surface area contributed by atoms with Gasteiger partial charge in [0.15, 0.2) is 0 Å². The number of imidazole rings is 1. The zero-order chi connectivity index (χ0) is 19.6. The molecule has 4 heteroatoms. The van der Waals surface area contributed by atoms with E-state index in [0.29, 0.717) is 6.61 Å². The van der Waals surface area contributed by atoms with Crippen molar-refractivity contribution in [3.05, 3.63) is 66.7 Å². The average molecular weight is 379 g/mol. The first-order valence-corrected chi connectivity index (χ1v) is 10.2. The Labute approximate surface area is 167 Å². The molecule has 1 saturated carbocycles. The minimum Gasteiger partial charge on any atom is -0.380 e. The summed E-state index contributed by atoms with van der Waals surface area (Å²) in [5, 5.41) is 2.54. The molecule has 1 aliphatic carbocycles. The Morgan fingerprint density at radius 3 is 2.75 bits per heavy atom. The van der Waals surface area contributed by atoms with Crippen LogP contribution < -0.4 is 0 Å². The molecule has 0 amide bonds. The number of hydrogen-bond donors (Lipinski definition) is 0. The fraction of sp³-hybridized carbons (Fsp3) is 0.458. The van der Waals surface area contributed by atoms with Crippen molar-refractivity contribution in [2.45, 2.75) is 52.0 Å². The lowest BCUT2D eigenvalue weighted by molar-refractivity contribution is -0.139. The first-order valence-electron chi connectivity index (χ1n) is 10.2. The van der Waals surface area contributed by atoms with Crippen LogP contribution in [0.25, 0.3) is 10.8 Å². The van der Waals surface area contributed by atoms with Crippen LogP contribution in [0.1, 0.15) is 32.3 Å². The molecule has 4 rings (SSSR count). The highest BCUT2D eigenvalue weighted by atomic mass is 16.5. The summed E-state index contributed by atoms with van der Waals surface area (Å²) >= 11 is 0. The van der Waals surface area contributed by atoms with Gasteiger partial charge >= 0.3 is 0 Å². The molecule has 1 aromatic heterocycles. The molecule has 0 aliphatic heterocycles. The minimum atomic E-state index is 0.138. The molecule has 0 unspecified atom stereocenters. The molecule has 4 nitrogen and oxygen atoms in total. The molecule has 0 spiro atoms. The van der Waals surface area contributed by atoms with E-state index in [9.17, 15) is 0 Å². The van der Waals surface area contributed by atoms with Crippen LogP contribution in [0.15, 0.2) is 61.2 Å². The van der Waals surface area contributed by atoms with Crippen molar-refractivity contribution < 1.29 is 9.47 Å². The van der Waals surface area contributed by atoms with E-state index in [1.165, 1.54) is 16.3 Å². The summed E-state index contributed by atoms with van der Waals surface area (Å²) in [5.74, 6) is 0.290. The summed E-state index contributed by atoms with van der Waals surface area (Å²) in [6.45, 7) is 6.11.